The predicted octanol–water partition coefficient (Wildman–Crippen LogP) is 4.63. The van der Waals surface area contributed by atoms with Gasteiger partial charge in [-0.2, -0.15) is 0 Å². The molecule has 0 fully saturated rings. The zero-order chi connectivity index (χ0) is 21.0. The van der Waals surface area contributed by atoms with Gasteiger partial charge in [-0.05, 0) is 30.7 Å². The van der Waals surface area contributed by atoms with Gasteiger partial charge in [-0.15, -0.1) is 0 Å². The van der Waals surface area contributed by atoms with Gasteiger partial charge in [0, 0.05) is 23.6 Å². The fourth-order valence-electron chi connectivity index (χ4n) is 2.81. The van der Waals surface area contributed by atoms with Crippen molar-refractivity contribution in [1.82, 2.24) is 0 Å². The molecular formula is C23H19FO5. The molecule has 1 N–H and O–H groups in total. The van der Waals surface area contributed by atoms with Crippen molar-refractivity contribution >= 4 is 17.5 Å². The number of aliphatic hydroxyl groups excluding tert-OH is 1. The highest BCUT2D eigenvalue weighted by Gasteiger charge is 2.20. The van der Waals surface area contributed by atoms with Crippen molar-refractivity contribution in [2.75, 3.05) is 7.11 Å². The molecule has 1 heterocycles. The summed E-state index contributed by atoms with van der Waals surface area (Å²) in [6, 6.07) is 15.3. The second kappa shape index (κ2) is 8.56. The smallest absolute Gasteiger partial charge is 0.378 e. The molecule has 1 aromatic heterocycles. The van der Waals surface area contributed by atoms with Gasteiger partial charge in [0.2, 0.25) is 0 Å². The number of carbonyl (C=O) groups is 2. The first kappa shape index (κ1) is 20.1. The molecule has 0 aliphatic heterocycles. The second-order valence-electron chi connectivity index (χ2n) is 6.52. The lowest BCUT2D eigenvalue weighted by Gasteiger charge is -2.03. The predicted molar refractivity (Wildman–Crippen MR) is 106 cm³/mol. The second-order valence-corrected chi connectivity index (χ2v) is 6.52. The molecule has 0 spiro atoms. The monoisotopic (exact) mass is 394 g/mol. The molecule has 0 saturated heterocycles. The van der Waals surface area contributed by atoms with E-state index in [2.05, 4.69) is 4.74 Å². The van der Waals surface area contributed by atoms with Crippen LogP contribution in [0, 0.1) is 12.7 Å². The highest BCUT2D eigenvalue weighted by atomic mass is 19.1. The summed E-state index contributed by atoms with van der Waals surface area (Å²) in [4.78, 5) is 23.1. The summed E-state index contributed by atoms with van der Waals surface area (Å²) >= 11 is 0. The van der Waals surface area contributed by atoms with Gasteiger partial charge < -0.3 is 14.3 Å². The van der Waals surface area contributed by atoms with Crippen LogP contribution in [-0.4, -0.2) is 24.0 Å². The molecule has 148 valence electrons. The van der Waals surface area contributed by atoms with Crippen molar-refractivity contribution in [2.45, 2.75) is 13.3 Å². The van der Waals surface area contributed by atoms with Crippen LogP contribution in [0.25, 0.3) is 17.1 Å². The van der Waals surface area contributed by atoms with Crippen molar-refractivity contribution in [3.63, 3.8) is 0 Å². The standard InChI is InChI=1S/C23H19FO5/c1-14-3-7-16(8-4-14)21-12-17(11-15-5-9-18(24)10-6-15)22(29-21)19(25)13-20(26)23(27)28-2/h3-10,12-13,25H,11H2,1-2H3/b19-13-. The number of hydrogen-bond donors (Lipinski definition) is 1. The lowest BCUT2D eigenvalue weighted by Crippen LogP contribution is -2.13. The number of furan rings is 1. The largest absolute Gasteiger partial charge is 0.504 e. The molecule has 0 radical (unpaired) electrons. The van der Waals surface area contributed by atoms with Gasteiger partial charge in [0.1, 0.15) is 11.6 Å². The molecule has 0 amide bonds. The Hall–Kier alpha value is -3.67. The normalized spacial score (nSPS) is 11.3. The van der Waals surface area contributed by atoms with Crippen LogP contribution in [0.4, 0.5) is 4.39 Å². The Morgan fingerprint density at radius 3 is 2.38 bits per heavy atom. The molecular weight excluding hydrogens is 375 g/mol. The van der Waals surface area contributed by atoms with E-state index in [0.29, 0.717) is 17.7 Å². The van der Waals surface area contributed by atoms with Crippen molar-refractivity contribution in [3.8, 4) is 11.3 Å². The van der Waals surface area contributed by atoms with Crippen molar-refractivity contribution in [3.05, 3.63) is 88.9 Å². The molecule has 0 unspecified atom stereocenters. The van der Waals surface area contributed by atoms with Gasteiger partial charge in [0.05, 0.1) is 7.11 Å². The zero-order valence-corrected chi connectivity index (χ0v) is 15.9. The average molecular weight is 394 g/mol. The number of benzene rings is 2. The Morgan fingerprint density at radius 1 is 1.10 bits per heavy atom. The summed E-state index contributed by atoms with van der Waals surface area (Å²) in [6.45, 7) is 1.96. The maximum Gasteiger partial charge on any atom is 0.378 e. The Kier molecular flexibility index (Phi) is 5.93. The molecule has 3 rings (SSSR count). The van der Waals surface area contributed by atoms with Crippen LogP contribution in [0.2, 0.25) is 0 Å². The highest BCUT2D eigenvalue weighted by molar-refractivity contribution is 6.39. The first-order valence-corrected chi connectivity index (χ1v) is 8.85. The van der Waals surface area contributed by atoms with E-state index < -0.39 is 17.5 Å². The summed E-state index contributed by atoms with van der Waals surface area (Å²) in [5.74, 6) is -2.40. The van der Waals surface area contributed by atoms with Gasteiger partial charge in [0.15, 0.2) is 11.5 Å². The minimum Gasteiger partial charge on any atom is -0.504 e. The zero-order valence-electron chi connectivity index (χ0n) is 15.9. The molecule has 0 aliphatic carbocycles. The number of esters is 1. The van der Waals surface area contributed by atoms with Crippen LogP contribution >= 0.6 is 0 Å². The fraction of sp³-hybridized carbons (Fsp3) is 0.130. The lowest BCUT2D eigenvalue weighted by atomic mass is 10.0. The van der Waals surface area contributed by atoms with E-state index in [9.17, 15) is 19.1 Å². The third-order valence-electron chi connectivity index (χ3n) is 4.34. The van der Waals surface area contributed by atoms with Gasteiger partial charge >= 0.3 is 5.97 Å². The number of carbonyl (C=O) groups excluding carboxylic acids is 2. The molecule has 3 aromatic rings. The topological polar surface area (TPSA) is 76.7 Å². The quantitative estimate of drug-likeness (QED) is 0.286. The van der Waals surface area contributed by atoms with Crippen LogP contribution < -0.4 is 0 Å². The van der Waals surface area contributed by atoms with Crippen molar-refractivity contribution < 1.29 is 28.2 Å². The summed E-state index contributed by atoms with van der Waals surface area (Å²) < 4.78 is 23.4. The number of ketones is 1. The van der Waals surface area contributed by atoms with E-state index >= 15 is 0 Å². The Balaban J connectivity index is 2.02. The summed E-state index contributed by atoms with van der Waals surface area (Å²) in [7, 11) is 1.08. The number of ether oxygens (including phenoxy) is 1. The van der Waals surface area contributed by atoms with E-state index in [-0.39, 0.29) is 11.6 Å². The fourth-order valence-corrected chi connectivity index (χ4v) is 2.81. The third-order valence-corrected chi connectivity index (χ3v) is 4.34. The molecule has 0 aliphatic rings. The first-order chi connectivity index (χ1) is 13.9. The van der Waals surface area contributed by atoms with Crippen LogP contribution in [0.1, 0.15) is 22.5 Å². The van der Waals surface area contributed by atoms with E-state index in [1.54, 1.807) is 18.2 Å². The van der Waals surface area contributed by atoms with Gasteiger partial charge in [0.25, 0.3) is 5.78 Å². The van der Waals surface area contributed by atoms with Crippen LogP contribution in [0.5, 0.6) is 0 Å². The van der Waals surface area contributed by atoms with E-state index in [1.165, 1.54) is 12.1 Å². The van der Waals surface area contributed by atoms with Gasteiger partial charge in [-0.3, -0.25) is 4.79 Å². The Bertz CT molecular complexity index is 1060. The minimum atomic E-state index is -1.10. The van der Waals surface area contributed by atoms with Gasteiger partial charge in [-0.1, -0.05) is 42.0 Å². The number of rotatable bonds is 6. The third kappa shape index (κ3) is 4.79. The summed E-state index contributed by atoms with van der Waals surface area (Å²) in [5.41, 5.74) is 3.24. The molecule has 29 heavy (non-hydrogen) atoms. The minimum absolute atomic E-state index is 0.0575. The lowest BCUT2D eigenvalue weighted by molar-refractivity contribution is -0.149. The van der Waals surface area contributed by atoms with Crippen LogP contribution in [0.15, 0.2) is 65.1 Å². The average Bonchev–Trinajstić information content (AvgIpc) is 3.13. The Morgan fingerprint density at radius 2 is 1.76 bits per heavy atom. The Labute approximate surface area is 167 Å². The maximum absolute atomic E-state index is 13.2. The first-order valence-electron chi connectivity index (χ1n) is 8.85. The van der Waals surface area contributed by atoms with Gasteiger partial charge in [-0.25, -0.2) is 9.18 Å². The SMILES string of the molecule is COC(=O)C(=O)/C=C(\O)c1oc(-c2ccc(C)cc2)cc1Cc1ccc(F)cc1. The molecule has 2 aromatic carbocycles. The molecule has 6 heteroatoms. The van der Waals surface area contributed by atoms with Crippen LogP contribution in [-0.2, 0) is 20.7 Å². The number of halogens is 1. The molecule has 5 nitrogen and oxygen atoms in total. The maximum atomic E-state index is 13.2. The summed E-state index contributed by atoms with van der Waals surface area (Å²) in [5, 5.41) is 10.4. The number of aliphatic hydroxyl groups is 1. The highest BCUT2D eigenvalue weighted by Crippen LogP contribution is 2.31. The number of aryl methyl sites for hydroxylation is 1. The van der Waals surface area contributed by atoms with Crippen molar-refractivity contribution in [1.29, 1.82) is 0 Å². The number of hydrogen-bond acceptors (Lipinski definition) is 5. The van der Waals surface area contributed by atoms with E-state index in [0.717, 1.165) is 29.9 Å². The molecule has 0 atom stereocenters. The van der Waals surface area contributed by atoms with E-state index in [4.69, 9.17) is 4.42 Å². The summed E-state index contributed by atoms with van der Waals surface area (Å²) in [6.07, 6.45) is 1.09. The molecule has 0 bridgehead atoms. The molecule has 0 saturated carbocycles. The van der Waals surface area contributed by atoms with Crippen molar-refractivity contribution in [2.24, 2.45) is 0 Å². The van der Waals surface area contributed by atoms with Crippen LogP contribution in [0.3, 0.4) is 0 Å². The van der Waals surface area contributed by atoms with E-state index in [1.807, 2.05) is 31.2 Å². The number of methoxy groups -OCH3 is 1.